The van der Waals surface area contributed by atoms with Gasteiger partial charge in [0.25, 0.3) is 5.69 Å². The van der Waals surface area contributed by atoms with Crippen LogP contribution in [0.1, 0.15) is 5.56 Å². The maximum absolute atomic E-state index is 12.0. The van der Waals surface area contributed by atoms with E-state index in [2.05, 4.69) is 4.72 Å². The first-order valence-electron chi connectivity index (χ1n) is 5.91. The first kappa shape index (κ1) is 14.9. The average Bonchev–Trinajstić information content (AvgIpc) is 2.45. The number of rotatable bonds is 5. The Labute approximate surface area is 121 Å². The van der Waals surface area contributed by atoms with E-state index >= 15 is 0 Å². The van der Waals surface area contributed by atoms with Crippen LogP contribution >= 0.6 is 0 Å². The van der Waals surface area contributed by atoms with E-state index in [0.29, 0.717) is 0 Å². The molecule has 0 aromatic heterocycles. The summed E-state index contributed by atoms with van der Waals surface area (Å²) in [6, 6.07) is 11.0. The fourth-order valence-corrected chi connectivity index (χ4v) is 2.79. The molecule has 0 spiro atoms. The lowest BCUT2D eigenvalue weighted by Gasteiger charge is -2.07. The van der Waals surface area contributed by atoms with Crippen molar-refractivity contribution in [2.45, 2.75) is 11.4 Å². The number of nitro groups is 1. The lowest BCUT2D eigenvalue weighted by atomic mass is 10.2. The molecule has 110 valence electrons. The van der Waals surface area contributed by atoms with Crippen molar-refractivity contribution >= 4 is 15.7 Å². The summed E-state index contributed by atoms with van der Waals surface area (Å²) in [4.78, 5) is 10.2. The van der Waals surface area contributed by atoms with Gasteiger partial charge in [-0.15, -0.1) is 0 Å². The lowest BCUT2D eigenvalue weighted by molar-refractivity contribution is -0.385. The Morgan fingerprint density at radius 1 is 1.14 bits per heavy atom. The number of nitrogens with zero attached hydrogens (tertiary/aromatic N) is 1. The van der Waals surface area contributed by atoms with Gasteiger partial charge in [-0.1, -0.05) is 24.3 Å². The first-order chi connectivity index (χ1) is 9.90. The molecule has 0 saturated carbocycles. The third-order valence-electron chi connectivity index (χ3n) is 2.77. The number of nitro benzene ring substituents is 1. The number of phenols is 1. The normalized spacial score (nSPS) is 11.2. The van der Waals surface area contributed by atoms with Crippen LogP contribution in [0.2, 0.25) is 0 Å². The zero-order valence-corrected chi connectivity index (χ0v) is 11.6. The molecule has 0 radical (unpaired) electrons. The van der Waals surface area contributed by atoms with Gasteiger partial charge in [0.1, 0.15) is 5.75 Å². The quantitative estimate of drug-likeness (QED) is 0.646. The summed E-state index contributed by atoms with van der Waals surface area (Å²) in [5.74, 6) is -0.177. The van der Waals surface area contributed by atoms with E-state index in [0.717, 1.165) is 6.07 Å². The molecule has 0 atom stereocenters. The van der Waals surface area contributed by atoms with Crippen LogP contribution in [0.4, 0.5) is 5.69 Å². The van der Waals surface area contributed by atoms with Gasteiger partial charge < -0.3 is 5.11 Å². The molecule has 0 aliphatic heterocycles. The minimum Gasteiger partial charge on any atom is -0.508 e. The Kier molecular flexibility index (Phi) is 4.20. The number of para-hydroxylation sites is 1. The fraction of sp³-hybridized carbons (Fsp3) is 0.0769. The molecule has 2 aromatic carbocycles. The van der Waals surface area contributed by atoms with E-state index in [1.165, 1.54) is 36.4 Å². The summed E-state index contributed by atoms with van der Waals surface area (Å²) >= 11 is 0. The Hall–Kier alpha value is -2.45. The van der Waals surface area contributed by atoms with Crippen LogP contribution in [0.15, 0.2) is 53.4 Å². The first-order valence-corrected chi connectivity index (χ1v) is 7.39. The Balaban J connectivity index is 2.22. The second kappa shape index (κ2) is 5.90. The maximum Gasteiger partial charge on any atom is 0.273 e. The smallest absolute Gasteiger partial charge is 0.273 e. The van der Waals surface area contributed by atoms with Crippen molar-refractivity contribution in [3.05, 3.63) is 64.2 Å². The highest BCUT2D eigenvalue weighted by atomic mass is 32.2. The molecule has 21 heavy (non-hydrogen) atoms. The summed E-state index contributed by atoms with van der Waals surface area (Å²) < 4.78 is 26.4. The van der Waals surface area contributed by atoms with Crippen molar-refractivity contribution in [3.63, 3.8) is 0 Å². The van der Waals surface area contributed by atoms with Gasteiger partial charge in [0.05, 0.1) is 9.82 Å². The van der Waals surface area contributed by atoms with Crippen LogP contribution in [0, 0.1) is 10.1 Å². The molecule has 0 fully saturated rings. The zero-order chi connectivity index (χ0) is 15.5. The standard InChI is InChI=1S/C13H12N2O5S/c16-11-5-3-6-12(8-11)21(19,20)14-9-10-4-1-2-7-13(10)15(17)18/h1-8,14,16H,9H2. The Bertz CT molecular complexity index is 774. The van der Waals surface area contributed by atoms with Crippen molar-refractivity contribution in [2.24, 2.45) is 0 Å². The number of hydrogen-bond donors (Lipinski definition) is 2. The van der Waals surface area contributed by atoms with E-state index in [9.17, 15) is 23.6 Å². The van der Waals surface area contributed by atoms with E-state index < -0.39 is 14.9 Å². The highest BCUT2D eigenvalue weighted by Crippen LogP contribution is 2.19. The predicted molar refractivity (Wildman–Crippen MR) is 75.2 cm³/mol. The Morgan fingerprint density at radius 3 is 2.52 bits per heavy atom. The summed E-state index contributed by atoms with van der Waals surface area (Å²) in [5.41, 5.74) is 0.0994. The van der Waals surface area contributed by atoms with Crippen molar-refractivity contribution in [1.29, 1.82) is 0 Å². The monoisotopic (exact) mass is 308 g/mol. The van der Waals surface area contributed by atoms with Crippen molar-refractivity contribution in [3.8, 4) is 5.75 Å². The van der Waals surface area contributed by atoms with Crippen LogP contribution in [-0.4, -0.2) is 18.4 Å². The maximum atomic E-state index is 12.0. The lowest BCUT2D eigenvalue weighted by Crippen LogP contribution is -2.23. The molecular weight excluding hydrogens is 296 g/mol. The summed E-state index contributed by atoms with van der Waals surface area (Å²) in [5, 5.41) is 20.2. The molecule has 2 rings (SSSR count). The second-order valence-electron chi connectivity index (χ2n) is 4.21. The van der Waals surface area contributed by atoms with Gasteiger partial charge >= 0.3 is 0 Å². The summed E-state index contributed by atoms with van der Waals surface area (Å²) in [7, 11) is -3.86. The minimum absolute atomic E-state index is 0.110. The minimum atomic E-state index is -3.86. The number of sulfonamides is 1. The van der Waals surface area contributed by atoms with Crippen LogP contribution in [-0.2, 0) is 16.6 Å². The third kappa shape index (κ3) is 3.56. The largest absolute Gasteiger partial charge is 0.508 e. The van der Waals surface area contributed by atoms with Crippen LogP contribution in [0.25, 0.3) is 0 Å². The SMILES string of the molecule is O=[N+]([O-])c1ccccc1CNS(=O)(=O)c1cccc(O)c1. The second-order valence-corrected chi connectivity index (χ2v) is 5.97. The average molecular weight is 308 g/mol. The van der Waals surface area contributed by atoms with Crippen LogP contribution in [0.3, 0.4) is 0 Å². The van der Waals surface area contributed by atoms with Gasteiger partial charge in [0, 0.05) is 18.2 Å². The Morgan fingerprint density at radius 2 is 1.86 bits per heavy atom. The van der Waals surface area contributed by atoms with Gasteiger partial charge in [-0.2, -0.15) is 0 Å². The molecule has 2 aromatic rings. The topological polar surface area (TPSA) is 110 Å². The molecular formula is C13H12N2O5S. The summed E-state index contributed by atoms with van der Waals surface area (Å²) in [6.07, 6.45) is 0. The number of hydrogen-bond acceptors (Lipinski definition) is 5. The molecule has 0 unspecified atom stereocenters. The number of nitrogens with one attached hydrogen (secondary N) is 1. The van der Waals surface area contributed by atoms with Crippen molar-refractivity contribution < 1.29 is 18.4 Å². The molecule has 0 amide bonds. The molecule has 0 aliphatic carbocycles. The van der Waals surface area contributed by atoms with Crippen LogP contribution in [0.5, 0.6) is 5.75 Å². The van der Waals surface area contributed by atoms with Crippen LogP contribution < -0.4 is 4.72 Å². The van der Waals surface area contributed by atoms with Crippen molar-refractivity contribution in [2.75, 3.05) is 0 Å². The number of benzene rings is 2. The molecule has 2 N–H and O–H groups in total. The molecule has 8 heteroatoms. The molecule has 0 heterocycles. The zero-order valence-electron chi connectivity index (χ0n) is 10.8. The van der Waals surface area contributed by atoms with Gasteiger partial charge in [-0.3, -0.25) is 10.1 Å². The van der Waals surface area contributed by atoms with E-state index in [-0.39, 0.29) is 28.4 Å². The summed E-state index contributed by atoms with van der Waals surface area (Å²) in [6.45, 7) is -0.213. The van der Waals surface area contributed by atoms with Gasteiger partial charge in [-0.05, 0) is 18.2 Å². The predicted octanol–water partition coefficient (Wildman–Crippen LogP) is 1.78. The van der Waals surface area contributed by atoms with Crippen molar-refractivity contribution in [1.82, 2.24) is 4.72 Å². The molecule has 7 nitrogen and oxygen atoms in total. The van der Waals surface area contributed by atoms with Gasteiger partial charge in [0.15, 0.2) is 0 Å². The van der Waals surface area contributed by atoms with E-state index in [1.807, 2.05) is 0 Å². The molecule has 0 saturated heterocycles. The number of aromatic hydroxyl groups is 1. The highest BCUT2D eigenvalue weighted by Gasteiger charge is 2.17. The molecule has 0 aliphatic rings. The van der Waals surface area contributed by atoms with Gasteiger partial charge in [0.2, 0.25) is 10.0 Å². The highest BCUT2D eigenvalue weighted by molar-refractivity contribution is 7.89. The number of phenolic OH excluding ortho intramolecular Hbond substituents is 1. The van der Waals surface area contributed by atoms with E-state index in [4.69, 9.17) is 0 Å². The fourth-order valence-electron chi connectivity index (χ4n) is 1.75. The molecule has 0 bridgehead atoms. The van der Waals surface area contributed by atoms with Gasteiger partial charge in [-0.25, -0.2) is 13.1 Å². The van der Waals surface area contributed by atoms with E-state index in [1.54, 1.807) is 6.07 Å². The third-order valence-corrected chi connectivity index (χ3v) is 4.17.